The van der Waals surface area contributed by atoms with E-state index in [9.17, 15) is 29.7 Å². The first-order chi connectivity index (χ1) is 16.8. The van der Waals surface area contributed by atoms with Crippen molar-refractivity contribution in [3.05, 3.63) is 59.4 Å². The minimum absolute atomic E-state index is 0.185. The van der Waals surface area contributed by atoms with Gasteiger partial charge in [-0.25, -0.2) is 0 Å². The summed E-state index contributed by atoms with van der Waals surface area (Å²) in [5, 5.41) is 28.0. The van der Waals surface area contributed by atoms with Crippen molar-refractivity contribution in [3.8, 4) is 5.75 Å². The molecule has 35 heavy (non-hydrogen) atoms. The lowest BCUT2D eigenvalue weighted by Gasteiger charge is -2.29. The second-order valence-electron chi connectivity index (χ2n) is 8.40. The summed E-state index contributed by atoms with van der Waals surface area (Å²) in [5.74, 6) is -2.48. The molecule has 0 aliphatic carbocycles. The number of hydrogen-bond donors (Lipinski definition) is 3. The van der Waals surface area contributed by atoms with E-state index in [1.807, 2.05) is 30.3 Å². The van der Waals surface area contributed by atoms with E-state index >= 15 is 0 Å². The van der Waals surface area contributed by atoms with Crippen LogP contribution >= 0.6 is 0 Å². The van der Waals surface area contributed by atoms with Crippen molar-refractivity contribution in [1.29, 1.82) is 0 Å². The molecule has 2 bridgehead atoms. The van der Waals surface area contributed by atoms with Gasteiger partial charge in [-0.2, -0.15) is 0 Å². The van der Waals surface area contributed by atoms with Gasteiger partial charge in [-0.3, -0.25) is 34.1 Å². The summed E-state index contributed by atoms with van der Waals surface area (Å²) in [5.41, 5.74) is 2.13. The Kier molecular flexibility index (Phi) is 9.53. The summed E-state index contributed by atoms with van der Waals surface area (Å²) in [4.78, 5) is 44.0. The van der Waals surface area contributed by atoms with Crippen molar-refractivity contribution in [2.24, 2.45) is 0 Å². The van der Waals surface area contributed by atoms with Crippen LogP contribution in [0.1, 0.15) is 17.0 Å². The molecule has 3 N–H and O–H groups in total. The highest BCUT2D eigenvalue weighted by molar-refractivity contribution is 5.70. The van der Waals surface area contributed by atoms with Gasteiger partial charge < -0.3 is 20.1 Å². The number of aliphatic carboxylic acids is 3. The third kappa shape index (κ3) is 8.96. The fourth-order valence-corrected chi connectivity index (χ4v) is 3.88. The summed E-state index contributed by atoms with van der Waals surface area (Å²) < 4.78 is 6.01. The molecule has 11 nitrogen and oxygen atoms in total. The molecule has 0 amide bonds. The summed E-state index contributed by atoms with van der Waals surface area (Å²) >= 11 is 0. The average Bonchev–Trinajstić information content (AvgIpc) is 2.79. The van der Waals surface area contributed by atoms with E-state index < -0.39 is 17.9 Å². The Morgan fingerprint density at radius 3 is 1.89 bits per heavy atom. The molecule has 1 aliphatic heterocycles. The maximum absolute atomic E-state index is 11.5. The minimum atomic E-state index is -1.00. The van der Waals surface area contributed by atoms with Gasteiger partial charge in [-0.05, 0) is 17.7 Å². The van der Waals surface area contributed by atoms with Gasteiger partial charge in [0.1, 0.15) is 12.4 Å². The van der Waals surface area contributed by atoms with Crippen molar-refractivity contribution in [1.82, 2.24) is 19.7 Å². The van der Waals surface area contributed by atoms with Crippen LogP contribution < -0.4 is 4.74 Å². The SMILES string of the molecule is O=C(O)CN1CCN(CC(=O)O)Cc2ccc(OCc3ccccc3)c(n2)CN(CC(=O)O)CC1. The molecule has 2 heterocycles. The van der Waals surface area contributed by atoms with Crippen molar-refractivity contribution < 1.29 is 34.4 Å². The molecule has 0 spiro atoms. The molecule has 188 valence electrons. The topological polar surface area (TPSA) is 144 Å². The average molecular weight is 487 g/mol. The van der Waals surface area contributed by atoms with Gasteiger partial charge in [0.2, 0.25) is 0 Å². The van der Waals surface area contributed by atoms with E-state index in [1.165, 1.54) is 0 Å². The molecule has 0 unspecified atom stereocenters. The number of hydrogen-bond acceptors (Lipinski definition) is 8. The maximum atomic E-state index is 11.5. The standard InChI is InChI=1S/C24H30N4O7/c29-22(30)14-26-8-10-27(15-23(31)32)12-19-6-7-21(35-17-18-4-2-1-3-5-18)20(25-19)13-28(11-9-26)16-24(33)34/h1-7H,8-17H2,(H,29,30)(H,31,32)(H,33,34). The number of carboxylic acid groups (broad SMARTS) is 3. The molecule has 1 aromatic carbocycles. The number of carboxylic acids is 3. The Balaban J connectivity index is 1.89. The fraction of sp³-hybridized carbons (Fsp3) is 0.417. The Hall–Kier alpha value is -3.54. The summed E-state index contributed by atoms with van der Waals surface area (Å²) in [6, 6.07) is 13.1. The van der Waals surface area contributed by atoms with Crippen LogP contribution in [-0.2, 0) is 34.1 Å². The molecule has 3 rings (SSSR count). The largest absolute Gasteiger partial charge is 0.487 e. The lowest BCUT2D eigenvalue weighted by molar-refractivity contribution is -0.140. The summed E-state index contributed by atoms with van der Waals surface area (Å²) in [6.07, 6.45) is 0. The third-order valence-corrected chi connectivity index (χ3v) is 5.53. The minimum Gasteiger partial charge on any atom is -0.487 e. The predicted octanol–water partition coefficient (Wildman–Crippen LogP) is 0.834. The molecule has 1 aliphatic rings. The number of carbonyl (C=O) groups is 3. The normalized spacial score (nSPS) is 16.1. The Labute approximate surface area is 203 Å². The van der Waals surface area contributed by atoms with E-state index in [4.69, 9.17) is 9.72 Å². The fourth-order valence-electron chi connectivity index (χ4n) is 3.88. The van der Waals surface area contributed by atoms with E-state index in [0.717, 1.165) is 5.56 Å². The highest BCUT2D eigenvalue weighted by Gasteiger charge is 2.21. The molecule has 0 saturated heterocycles. The Morgan fingerprint density at radius 2 is 1.29 bits per heavy atom. The van der Waals surface area contributed by atoms with Crippen LogP contribution in [0, 0.1) is 0 Å². The molecule has 2 aromatic rings. The molecule has 0 fully saturated rings. The van der Waals surface area contributed by atoms with Crippen LogP contribution in [0.25, 0.3) is 0 Å². The number of aromatic nitrogens is 1. The lowest BCUT2D eigenvalue weighted by Crippen LogP contribution is -2.44. The van der Waals surface area contributed by atoms with Gasteiger partial charge in [0.25, 0.3) is 0 Å². The van der Waals surface area contributed by atoms with Crippen molar-refractivity contribution in [3.63, 3.8) is 0 Å². The number of pyridine rings is 1. The molecule has 0 saturated carbocycles. The second-order valence-corrected chi connectivity index (χ2v) is 8.40. The molecule has 0 radical (unpaired) electrons. The van der Waals surface area contributed by atoms with Gasteiger partial charge in [-0.15, -0.1) is 0 Å². The van der Waals surface area contributed by atoms with Crippen molar-refractivity contribution >= 4 is 17.9 Å². The molecular weight excluding hydrogens is 456 g/mol. The third-order valence-electron chi connectivity index (χ3n) is 5.53. The van der Waals surface area contributed by atoms with Gasteiger partial charge in [0.15, 0.2) is 0 Å². The zero-order chi connectivity index (χ0) is 25.2. The molecular formula is C24H30N4O7. The summed E-state index contributed by atoms with van der Waals surface area (Å²) in [6.45, 7) is 1.31. The monoisotopic (exact) mass is 486 g/mol. The highest BCUT2D eigenvalue weighted by atomic mass is 16.5. The van der Waals surface area contributed by atoms with E-state index in [0.29, 0.717) is 49.9 Å². The quantitative estimate of drug-likeness (QED) is 0.464. The second kappa shape index (κ2) is 12.8. The van der Waals surface area contributed by atoms with Crippen molar-refractivity contribution in [2.45, 2.75) is 19.7 Å². The van der Waals surface area contributed by atoms with Gasteiger partial charge in [0.05, 0.1) is 31.0 Å². The lowest BCUT2D eigenvalue weighted by atomic mass is 10.2. The van der Waals surface area contributed by atoms with Gasteiger partial charge in [0, 0.05) is 39.3 Å². The first kappa shape index (κ1) is 26.1. The van der Waals surface area contributed by atoms with Gasteiger partial charge >= 0.3 is 17.9 Å². The molecule has 0 atom stereocenters. The number of ether oxygens (including phenoxy) is 1. The van der Waals surface area contributed by atoms with E-state index in [2.05, 4.69) is 0 Å². The van der Waals surface area contributed by atoms with Crippen LogP contribution in [0.3, 0.4) is 0 Å². The highest BCUT2D eigenvalue weighted by Crippen LogP contribution is 2.22. The molecule has 1 aromatic heterocycles. The van der Waals surface area contributed by atoms with Crippen LogP contribution in [0.4, 0.5) is 0 Å². The predicted molar refractivity (Wildman–Crippen MR) is 125 cm³/mol. The maximum Gasteiger partial charge on any atom is 0.317 e. The Morgan fingerprint density at radius 1 is 0.743 bits per heavy atom. The Bertz CT molecular complexity index is 1020. The zero-order valence-electron chi connectivity index (χ0n) is 19.4. The molecule has 11 heteroatoms. The summed E-state index contributed by atoms with van der Waals surface area (Å²) in [7, 11) is 0. The van der Waals surface area contributed by atoms with Crippen LogP contribution in [-0.4, -0.2) is 98.7 Å². The van der Waals surface area contributed by atoms with Crippen LogP contribution in [0.5, 0.6) is 5.75 Å². The first-order valence-corrected chi connectivity index (χ1v) is 11.3. The van der Waals surface area contributed by atoms with Crippen molar-refractivity contribution in [2.75, 3.05) is 45.8 Å². The van der Waals surface area contributed by atoms with Crippen LogP contribution in [0.2, 0.25) is 0 Å². The van der Waals surface area contributed by atoms with Gasteiger partial charge in [-0.1, -0.05) is 30.3 Å². The van der Waals surface area contributed by atoms with E-state index in [1.54, 1.807) is 26.8 Å². The number of rotatable bonds is 9. The van der Waals surface area contributed by atoms with E-state index in [-0.39, 0.29) is 32.7 Å². The number of benzene rings is 1. The van der Waals surface area contributed by atoms with Crippen LogP contribution in [0.15, 0.2) is 42.5 Å². The number of nitrogens with zero attached hydrogens (tertiary/aromatic N) is 4. The zero-order valence-corrected chi connectivity index (χ0v) is 19.4. The first-order valence-electron chi connectivity index (χ1n) is 11.3. The number of fused-ring (bicyclic) bond motifs is 2. The smallest absolute Gasteiger partial charge is 0.317 e.